The fourth-order valence-corrected chi connectivity index (χ4v) is 6.01. The molecule has 1 saturated heterocycles. The van der Waals surface area contributed by atoms with E-state index in [0.717, 1.165) is 16.8 Å². The van der Waals surface area contributed by atoms with Crippen molar-refractivity contribution < 1.29 is 28.6 Å². The van der Waals surface area contributed by atoms with Gasteiger partial charge in [0, 0.05) is 55.7 Å². The lowest BCUT2D eigenvalue weighted by atomic mass is 9.84. The molecule has 0 bridgehead atoms. The highest BCUT2D eigenvalue weighted by Gasteiger charge is 2.32. The Morgan fingerprint density at radius 3 is 2.40 bits per heavy atom. The molecule has 2 heterocycles. The number of amidine groups is 1. The van der Waals surface area contributed by atoms with Crippen LogP contribution in [0.2, 0.25) is 0 Å². The van der Waals surface area contributed by atoms with Crippen molar-refractivity contribution in [3.8, 4) is 17.6 Å². The van der Waals surface area contributed by atoms with Crippen LogP contribution < -0.4 is 19.7 Å². The molecule has 0 saturated carbocycles. The van der Waals surface area contributed by atoms with E-state index in [0.29, 0.717) is 86.9 Å². The molecule has 1 fully saturated rings. The fourth-order valence-electron chi connectivity index (χ4n) is 6.01. The minimum absolute atomic E-state index is 0.0120. The number of nitrogens with zero attached hydrogens (tertiary/aromatic N) is 3. The number of hydrogen-bond donors (Lipinski definition) is 2. The van der Waals surface area contributed by atoms with E-state index in [1.54, 1.807) is 31.0 Å². The van der Waals surface area contributed by atoms with Crippen molar-refractivity contribution in [3.63, 3.8) is 0 Å². The Morgan fingerprint density at radius 2 is 1.79 bits per heavy atom. The molecule has 11 heteroatoms. The molecule has 0 radical (unpaired) electrons. The van der Waals surface area contributed by atoms with E-state index >= 15 is 0 Å². The number of carbonyl (C=O) groups excluding carboxylic acids is 3. The summed E-state index contributed by atoms with van der Waals surface area (Å²) in [6.07, 6.45) is 2.17. The van der Waals surface area contributed by atoms with Gasteiger partial charge in [-0.25, -0.2) is 0 Å². The van der Waals surface area contributed by atoms with Crippen molar-refractivity contribution >= 4 is 29.2 Å². The monoisotopic (exact) mass is 645 g/mol. The number of Topliss-reactive ketones (excluding diaryl/α,β-unsaturated/α-hetero) is 1. The molecule has 4 rings (SSSR count). The van der Waals surface area contributed by atoms with Crippen LogP contribution in [0.15, 0.2) is 24.3 Å². The molecule has 2 aromatic carbocycles. The molecule has 0 aromatic heterocycles. The topological polar surface area (TPSA) is 145 Å². The lowest BCUT2D eigenvalue weighted by molar-refractivity contribution is -0.143. The number of esters is 1. The lowest BCUT2D eigenvalue weighted by Crippen LogP contribution is -2.34. The van der Waals surface area contributed by atoms with E-state index in [2.05, 4.69) is 37.1 Å². The standard InChI is InChI=1S/C36H47N5O6/c1-7-45-31-18-25-21-41(34(38)26(25)19-27(31)35(44)39-6)22-30(42)24-16-28(36(3,4)5)33(47-15-9-10-32(43)46-8-2)29(17-24)40-13-11-23(20-37)12-14-40/h16-19,23,38H,7-15,21-22H2,1-6H3,(H,39,44). The average molecular weight is 646 g/mol. The van der Waals surface area contributed by atoms with Crippen molar-refractivity contribution in [1.29, 1.82) is 10.7 Å². The van der Waals surface area contributed by atoms with Gasteiger partial charge in [-0.05, 0) is 68.4 Å². The first-order chi connectivity index (χ1) is 22.4. The second-order valence-corrected chi connectivity index (χ2v) is 12.9. The summed E-state index contributed by atoms with van der Waals surface area (Å²) in [5, 5.41) is 21.0. The van der Waals surface area contributed by atoms with Crippen LogP contribution >= 0.6 is 0 Å². The van der Waals surface area contributed by atoms with E-state index in [9.17, 15) is 19.6 Å². The normalized spacial score (nSPS) is 14.8. The molecule has 2 aromatic rings. The van der Waals surface area contributed by atoms with Gasteiger partial charge in [-0.15, -0.1) is 0 Å². The Hall–Kier alpha value is -4.59. The number of carbonyl (C=O) groups is 3. The number of benzene rings is 2. The van der Waals surface area contributed by atoms with Crippen LogP contribution in [-0.4, -0.2) is 74.9 Å². The molecule has 0 unspecified atom stereocenters. The number of nitriles is 1. The zero-order valence-electron chi connectivity index (χ0n) is 28.5. The molecule has 0 atom stereocenters. The summed E-state index contributed by atoms with van der Waals surface area (Å²) in [6, 6.07) is 9.60. The molecule has 0 aliphatic carbocycles. The largest absolute Gasteiger partial charge is 0.493 e. The van der Waals surface area contributed by atoms with Crippen LogP contribution in [0.25, 0.3) is 0 Å². The van der Waals surface area contributed by atoms with Crippen LogP contribution in [0.3, 0.4) is 0 Å². The van der Waals surface area contributed by atoms with Gasteiger partial charge in [0.25, 0.3) is 5.91 Å². The van der Waals surface area contributed by atoms with Gasteiger partial charge in [0.1, 0.15) is 17.3 Å². The third-order valence-corrected chi connectivity index (χ3v) is 8.54. The Kier molecular flexibility index (Phi) is 11.5. The van der Waals surface area contributed by atoms with Gasteiger partial charge < -0.3 is 29.3 Å². The Bertz CT molecular complexity index is 1550. The van der Waals surface area contributed by atoms with Crippen LogP contribution in [-0.2, 0) is 21.5 Å². The van der Waals surface area contributed by atoms with Gasteiger partial charge in [-0.1, -0.05) is 20.8 Å². The molecule has 2 aliphatic rings. The zero-order valence-corrected chi connectivity index (χ0v) is 28.5. The van der Waals surface area contributed by atoms with Crippen molar-refractivity contribution in [1.82, 2.24) is 10.2 Å². The third-order valence-electron chi connectivity index (χ3n) is 8.54. The number of ether oxygens (including phenoxy) is 3. The SMILES string of the molecule is CCOC(=O)CCCOc1c(N2CCC(C#N)CC2)cc(C(=O)CN2Cc3cc(OCC)c(C(=O)NC)cc3C2=N)cc1C(C)(C)C. The van der Waals surface area contributed by atoms with E-state index in [1.165, 1.54) is 0 Å². The second-order valence-electron chi connectivity index (χ2n) is 12.9. The molecule has 11 nitrogen and oxygen atoms in total. The minimum atomic E-state index is -0.380. The lowest BCUT2D eigenvalue weighted by Gasteiger charge is -2.35. The van der Waals surface area contributed by atoms with Crippen LogP contribution in [0.5, 0.6) is 11.5 Å². The van der Waals surface area contributed by atoms with Gasteiger partial charge in [-0.3, -0.25) is 19.8 Å². The third kappa shape index (κ3) is 8.23. The van der Waals surface area contributed by atoms with E-state index in [-0.39, 0.29) is 47.8 Å². The first-order valence-electron chi connectivity index (χ1n) is 16.4. The molecule has 0 spiro atoms. The van der Waals surface area contributed by atoms with Crippen molar-refractivity contribution in [2.24, 2.45) is 5.92 Å². The highest BCUT2D eigenvalue weighted by molar-refractivity contribution is 6.08. The molecular formula is C36H47N5O6. The number of amides is 1. The summed E-state index contributed by atoms with van der Waals surface area (Å²) in [5.74, 6) is 0.582. The molecule has 47 heavy (non-hydrogen) atoms. The molecule has 2 N–H and O–H groups in total. The smallest absolute Gasteiger partial charge is 0.305 e. The minimum Gasteiger partial charge on any atom is -0.493 e. The van der Waals surface area contributed by atoms with Crippen molar-refractivity contribution in [2.45, 2.75) is 72.3 Å². The van der Waals surface area contributed by atoms with Crippen molar-refractivity contribution in [2.75, 3.05) is 51.4 Å². The number of hydrogen-bond acceptors (Lipinski definition) is 9. The van der Waals surface area contributed by atoms with Gasteiger partial charge >= 0.3 is 5.97 Å². The number of anilines is 1. The van der Waals surface area contributed by atoms with Crippen LogP contribution in [0, 0.1) is 22.7 Å². The summed E-state index contributed by atoms with van der Waals surface area (Å²) >= 11 is 0. The fraction of sp³-hybridized carbons (Fsp3) is 0.528. The number of nitrogens with one attached hydrogen (secondary N) is 2. The molecular weight excluding hydrogens is 598 g/mol. The predicted molar refractivity (Wildman–Crippen MR) is 180 cm³/mol. The summed E-state index contributed by atoms with van der Waals surface area (Å²) in [4.78, 5) is 42.4. The zero-order chi connectivity index (χ0) is 34.3. The second kappa shape index (κ2) is 15.3. The highest BCUT2D eigenvalue weighted by Crippen LogP contribution is 2.42. The Balaban J connectivity index is 1.64. The molecule has 1 amide bonds. The van der Waals surface area contributed by atoms with Gasteiger partial charge in [-0.2, -0.15) is 5.26 Å². The summed E-state index contributed by atoms with van der Waals surface area (Å²) in [5.41, 5.74) is 3.57. The maximum absolute atomic E-state index is 14.0. The Morgan fingerprint density at radius 1 is 1.06 bits per heavy atom. The van der Waals surface area contributed by atoms with Gasteiger partial charge in [0.05, 0.1) is 43.7 Å². The van der Waals surface area contributed by atoms with Gasteiger partial charge in [0.2, 0.25) is 0 Å². The number of rotatable bonds is 13. The van der Waals surface area contributed by atoms with E-state index in [4.69, 9.17) is 19.6 Å². The van der Waals surface area contributed by atoms with Gasteiger partial charge in [0.15, 0.2) is 5.78 Å². The summed E-state index contributed by atoms with van der Waals surface area (Å²) in [7, 11) is 1.55. The Labute approximate surface area is 277 Å². The summed E-state index contributed by atoms with van der Waals surface area (Å²) < 4.78 is 17.2. The van der Waals surface area contributed by atoms with Crippen LogP contribution in [0.1, 0.15) is 97.7 Å². The predicted octanol–water partition coefficient (Wildman–Crippen LogP) is 5.23. The van der Waals surface area contributed by atoms with Crippen molar-refractivity contribution in [3.05, 3.63) is 52.1 Å². The number of piperidine rings is 1. The van der Waals surface area contributed by atoms with E-state index < -0.39 is 0 Å². The summed E-state index contributed by atoms with van der Waals surface area (Å²) in [6.45, 7) is 12.5. The maximum atomic E-state index is 14.0. The molecule has 252 valence electrons. The average Bonchev–Trinajstić information content (AvgIpc) is 3.35. The van der Waals surface area contributed by atoms with Crippen LogP contribution in [0.4, 0.5) is 5.69 Å². The maximum Gasteiger partial charge on any atom is 0.305 e. The quantitative estimate of drug-likeness (QED) is 0.170. The number of ketones is 1. The van der Waals surface area contributed by atoms with E-state index in [1.807, 2.05) is 19.1 Å². The first-order valence-corrected chi connectivity index (χ1v) is 16.4. The number of fused-ring (bicyclic) bond motifs is 1. The molecule has 2 aliphatic heterocycles. The first kappa shape index (κ1) is 35.3. The highest BCUT2D eigenvalue weighted by atomic mass is 16.5.